The predicted molar refractivity (Wildman–Crippen MR) is 32.5 cm³/mol. The van der Waals surface area contributed by atoms with Crippen LogP contribution in [0.25, 0.3) is 0 Å². The van der Waals surface area contributed by atoms with Crippen LogP contribution in [-0.4, -0.2) is 9.52 Å². The first-order valence-electron chi connectivity index (χ1n) is 2.37. The fourth-order valence-electron chi connectivity index (χ4n) is 0.250. The Morgan fingerprint density at radius 2 is 2.33 bits per heavy atom. The van der Waals surface area contributed by atoms with Gasteiger partial charge in [-0.1, -0.05) is 13.5 Å². The summed E-state index contributed by atoms with van der Waals surface area (Å²) in [7, 11) is 0.0419. The Hall–Kier alpha value is -0.223. The molecule has 0 aromatic heterocycles. The summed E-state index contributed by atoms with van der Waals surface area (Å²) in [4.78, 5) is 0. The standard InChI is InChI=1S/C5H10Si/c1-3-4-5-6-2/h3,6H2,1-2H3. The molecule has 0 spiro atoms. The molecule has 0 bridgehead atoms. The van der Waals surface area contributed by atoms with Crippen LogP contribution in [0.4, 0.5) is 0 Å². The lowest BCUT2D eigenvalue weighted by Crippen LogP contribution is -1.68. The van der Waals surface area contributed by atoms with Crippen LogP contribution in [-0.2, 0) is 0 Å². The Morgan fingerprint density at radius 3 is 2.50 bits per heavy atom. The first-order valence-corrected chi connectivity index (χ1v) is 4.49. The van der Waals surface area contributed by atoms with Crippen molar-refractivity contribution in [2.24, 2.45) is 0 Å². The van der Waals surface area contributed by atoms with Crippen LogP contribution in [0, 0.1) is 11.5 Å². The van der Waals surface area contributed by atoms with Crippen molar-refractivity contribution in [2.45, 2.75) is 19.9 Å². The second-order valence-corrected chi connectivity index (χ2v) is 2.12. The number of rotatable bonds is 0. The molecule has 0 unspecified atom stereocenters. The van der Waals surface area contributed by atoms with E-state index in [9.17, 15) is 0 Å². The van der Waals surface area contributed by atoms with E-state index in [-0.39, 0.29) is 9.52 Å². The fourth-order valence-corrected chi connectivity index (χ4v) is 0.750. The molecule has 0 aliphatic rings. The maximum absolute atomic E-state index is 3.09. The van der Waals surface area contributed by atoms with E-state index in [1.165, 1.54) is 0 Å². The molecule has 0 aromatic carbocycles. The molecule has 0 N–H and O–H groups in total. The van der Waals surface area contributed by atoms with Gasteiger partial charge in [0.25, 0.3) is 0 Å². The third-order valence-corrected chi connectivity index (χ3v) is 1.08. The van der Waals surface area contributed by atoms with Gasteiger partial charge in [-0.15, -0.1) is 11.5 Å². The summed E-state index contributed by atoms with van der Waals surface area (Å²) in [6.07, 6.45) is 1.03. The minimum atomic E-state index is 0.0419. The second kappa shape index (κ2) is 4.78. The van der Waals surface area contributed by atoms with Gasteiger partial charge in [0.2, 0.25) is 0 Å². The van der Waals surface area contributed by atoms with Gasteiger partial charge in [0.05, 0.1) is 0 Å². The van der Waals surface area contributed by atoms with Gasteiger partial charge in [-0.3, -0.25) is 0 Å². The summed E-state index contributed by atoms with van der Waals surface area (Å²) in [5, 5.41) is 0. The summed E-state index contributed by atoms with van der Waals surface area (Å²) in [6, 6.07) is 0. The Kier molecular flexibility index (Phi) is 4.60. The van der Waals surface area contributed by atoms with Gasteiger partial charge in [0.15, 0.2) is 0 Å². The van der Waals surface area contributed by atoms with E-state index in [0.29, 0.717) is 0 Å². The summed E-state index contributed by atoms with van der Waals surface area (Å²) in [6.45, 7) is 4.28. The molecular formula is C5H10Si. The molecule has 6 heavy (non-hydrogen) atoms. The zero-order valence-electron chi connectivity index (χ0n) is 4.41. The van der Waals surface area contributed by atoms with Gasteiger partial charge in [-0.25, -0.2) is 0 Å². The molecular weight excluding hydrogens is 88.1 g/mol. The predicted octanol–water partition coefficient (Wildman–Crippen LogP) is 0.574. The van der Waals surface area contributed by atoms with Crippen molar-refractivity contribution < 1.29 is 0 Å². The Morgan fingerprint density at radius 1 is 1.67 bits per heavy atom. The SMILES string of the molecule is CCC#C[SiH2]C. The molecule has 0 fully saturated rings. The van der Waals surface area contributed by atoms with Crippen LogP contribution in [0.1, 0.15) is 13.3 Å². The van der Waals surface area contributed by atoms with Gasteiger partial charge in [-0.2, -0.15) is 0 Å². The molecule has 0 aliphatic carbocycles. The highest BCUT2D eigenvalue weighted by Crippen LogP contribution is 1.63. The molecule has 0 saturated carbocycles. The summed E-state index contributed by atoms with van der Waals surface area (Å²) in [5.74, 6) is 3.01. The molecule has 0 aromatic rings. The highest BCUT2D eigenvalue weighted by Gasteiger charge is 1.57. The number of hydrogen-bond donors (Lipinski definition) is 0. The minimum Gasteiger partial charge on any atom is -0.140 e. The Balaban J connectivity index is 2.90. The Bertz CT molecular complexity index is 57.7. The Labute approximate surface area is 41.8 Å². The first kappa shape index (κ1) is 5.78. The van der Waals surface area contributed by atoms with Gasteiger partial charge in [-0.05, 0) is 0 Å². The highest BCUT2D eigenvalue weighted by molar-refractivity contribution is 6.44. The monoisotopic (exact) mass is 98.1 g/mol. The molecule has 0 rings (SSSR count). The average Bonchev–Trinajstić information content (AvgIpc) is 1.61. The minimum absolute atomic E-state index is 0.0419. The molecule has 0 heterocycles. The van der Waals surface area contributed by atoms with Crippen LogP contribution in [0.2, 0.25) is 6.55 Å². The lowest BCUT2D eigenvalue weighted by Gasteiger charge is -1.64. The van der Waals surface area contributed by atoms with E-state index >= 15 is 0 Å². The van der Waals surface area contributed by atoms with Crippen molar-refractivity contribution in [1.82, 2.24) is 0 Å². The van der Waals surface area contributed by atoms with Crippen molar-refractivity contribution in [3.63, 3.8) is 0 Å². The zero-order chi connectivity index (χ0) is 4.83. The van der Waals surface area contributed by atoms with E-state index in [0.717, 1.165) is 6.42 Å². The molecule has 0 nitrogen and oxygen atoms in total. The van der Waals surface area contributed by atoms with Gasteiger partial charge >= 0.3 is 0 Å². The highest BCUT2D eigenvalue weighted by atomic mass is 28.2. The van der Waals surface area contributed by atoms with Crippen molar-refractivity contribution in [3.8, 4) is 11.5 Å². The largest absolute Gasteiger partial charge is 0.140 e. The lowest BCUT2D eigenvalue weighted by atomic mass is 10.5. The van der Waals surface area contributed by atoms with E-state index in [4.69, 9.17) is 0 Å². The molecule has 0 aliphatic heterocycles. The maximum Gasteiger partial charge on any atom is 0.104 e. The first-order chi connectivity index (χ1) is 2.91. The second-order valence-electron chi connectivity index (χ2n) is 1.06. The van der Waals surface area contributed by atoms with Crippen molar-refractivity contribution in [2.75, 3.05) is 0 Å². The molecule has 0 amide bonds. The third kappa shape index (κ3) is 3.78. The summed E-state index contributed by atoms with van der Waals surface area (Å²) >= 11 is 0. The third-order valence-electron chi connectivity index (χ3n) is 0.479. The molecule has 0 saturated heterocycles. The van der Waals surface area contributed by atoms with Crippen LogP contribution in [0.5, 0.6) is 0 Å². The molecule has 34 valence electrons. The van der Waals surface area contributed by atoms with E-state index < -0.39 is 0 Å². The normalized spacial score (nSPS) is 8.33. The molecule has 1 heteroatoms. The van der Waals surface area contributed by atoms with Crippen LogP contribution < -0.4 is 0 Å². The zero-order valence-corrected chi connectivity index (χ0v) is 5.83. The molecule has 0 radical (unpaired) electrons. The quantitative estimate of drug-likeness (QED) is 0.307. The number of hydrogen-bond acceptors (Lipinski definition) is 0. The van der Waals surface area contributed by atoms with Crippen LogP contribution in [0.15, 0.2) is 0 Å². The topological polar surface area (TPSA) is 0 Å². The van der Waals surface area contributed by atoms with Gasteiger partial charge in [0, 0.05) is 6.42 Å². The van der Waals surface area contributed by atoms with E-state index in [1.54, 1.807) is 0 Å². The fraction of sp³-hybridized carbons (Fsp3) is 0.600. The van der Waals surface area contributed by atoms with Gasteiger partial charge < -0.3 is 0 Å². The molecule has 0 atom stereocenters. The van der Waals surface area contributed by atoms with Gasteiger partial charge in [0.1, 0.15) is 9.52 Å². The van der Waals surface area contributed by atoms with Crippen molar-refractivity contribution >= 4 is 9.52 Å². The van der Waals surface area contributed by atoms with Crippen molar-refractivity contribution in [3.05, 3.63) is 0 Å². The lowest BCUT2D eigenvalue weighted by molar-refractivity contribution is 1.28. The van der Waals surface area contributed by atoms with Crippen LogP contribution >= 0.6 is 0 Å². The van der Waals surface area contributed by atoms with Crippen molar-refractivity contribution in [1.29, 1.82) is 0 Å². The summed E-state index contributed by atoms with van der Waals surface area (Å²) < 4.78 is 0. The average molecular weight is 98.2 g/mol. The summed E-state index contributed by atoms with van der Waals surface area (Å²) in [5.41, 5.74) is 3.09. The van der Waals surface area contributed by atoms with E-state index in [2.05, 4.69) is 24.9 Å². The smallest absolute Gasteiger partial charge is 0.104 e. The van der Waals surface area contributed by atoms with E-state index in [1.807, 2.05) is 0 Å². The maximum atomic E-state index is 3.09. The van der Waals surface area contributed by atoms with Crippen LogP contribution in [0.3, 0.4) is 0 Å².